The molecule has 0 spiro atoms. The van der Waals surface area contributed by atoms with E-state index in [2.05, 4.69) is 20.8 Å². The smallest absolute Gasteiger partial charge is 0.188 e. The molecular formula is C18H35OS. The number of hydrogen-bond acceptors (Lipinski definition) is 2. The van der Waals surface area contributed by atoms with Gasteiger partial charge in [-0.3, -0.25) is 4.79 Å². The predicted octanol–water partition coefficient (Wildman–Crippen LogP) is 6.42. The van der Waals surface area contributed by atoms with Crippen LogP contribution in [0.5, 0.6) is 0 Å². The van der Waals surface area contributed by atoms with Crippen LogP contribution in [-0.2, 0) is 4.79 Å². The van der Waals surface area contributed by atoms with Gasteiger partial charge in [0.05, 0.1) is 0 Å². The fourth-order valence-corrected chi connectivity index (χ4v) is 2.94. The van der Waals surface area contributed by atoms with E-state index in [0.717, 1.165) is 18.8 Å². The van der Waals surface area contributed by atoms with Gasteiger partial charge in [-0.2, -0.15) is 0 Å². The normalized spacial score (nSPS) is 11.2. The van der Waals surface area contributed by atoms with Crippen LogP contribution in [-0.4, -0.2) is 10.9 Å². The maximum absolute atomic E-state index is 11.3. The first kappa shape index (κ1) is 20.0. The molecule has 0 rings (SSSR count). The summed E-state index contributed by atoms with van der Waals surface area (Å²) < 4.78 is 0. The maximum atomic E-state index is 11.3. The SMILES string of the molecule is [CH2]CSC(=O)CCCCCCCCCCCCC(C)C. The minimum atomic E-state index is 0.321. The van der Waals surface area contributed by atoms with Crippen LogP contribution in [0, 0.1) is 12.8 Å². The van der Waals surface area contributed by atoms with E-state index in [1.807, 2.05) is 0 Å². The molecule has 1 radical (unpaired) electrons. The highest BCUT2D eigenvalue weighted by Crippen LogP contribution is 2.14. The second-order valence-electron chi connectivity index (χ2n) is 6.19. The molecule has 0 saturated carbocycles. The third-order valence-electron chi connectivity index (χ3n) is 3.68. The van der Waals surface area contributed by atoms with Crippen molar-refractivity contribution in [1.29, 1.82) is 0 Å². The van der Waals surface area contributed by atoms with Crippen molar-refractivity contribution in [1.82, 2.24) is 0 Å². The van der Waals surface area contributed by atoms with Crippen LogP contribution in [0.1, 0.15) is 90.9 Å². The van der Waals surface area contributed by atoms with Gasteiger partial charge in [-0.25, -0.2) is 0 Å². The first-order valence-corrected chi connectivity index (χ1v) is 9.60. The summed E-state index contributed by atoms with van der Waals surface area (Å²) in [6.45, 7) is 8.30. The van der Waals surface area contributed by atoms with Crippen LogP contribution in [0.15, 0.2) is 0 Å². The standard InChI is InChI=1S/C18H35OS/c1-4-20-18(19)16-14-12-10-8-6-5-7-9-11-13-15-17(2)3/h17H,1,4-16H2,2-3H3. The van der Waals surface area contributed by atoms with Crippen LogP contribution in [0.2, 0.25) is 0 Å². The minimum Gasteiger partial charge on any atom is -0.287 e. The molecule has 0 bridgehead atoms. The fraction of sp³-hybridized carbons (Fsp3) is 0.889. The molecule has 0 unspecified atom stereocenters. The van der Waals surface area contributed by atoms with Crippen LogP contribution in [0.3, 0.4) is 0 Å². The summed E-state index contributed by atoms with van der Waals surface area (Å²) in [5, 5.41) is 0.321. The molecule has 0 aliphatic carbocycles. The molecule has 20 heavy (non-hydrogen) atoms. The lowest BCUT2D eigenvalue weighted by atomic mass is 10.0. The zero-order valence-electron chi connectivity index (χ0n) is 13.8. The Morgan fingerprint density at radius 3 is 1.75 bits per heavy atom. The number of carbonyl (C=O) groups excluding carboxylic acids is 1. The second-order valence-corrected chi connectivity index (χ2v) is 7.34. The predicted molar refractivity (Wildman–Crippen MR) is 93.1 cm³/mol. The van der Waals surface area contributed by atoms with Crippen molar-refractivity contribution in [2.75, 3.05) is 5.75 Å². The lowest BCUT2D eigenvalue weighted by molar-refractivity contribution is -0.111. The number of carbonyl (C=O) groups is 1. The number of rotatable bonds is 14. The van der Waals surface area contributed by atoms with E-state index in [-0.39, 0.29) is 0 Å². The van der Waals surface area contributed by atoms with Crippen molar-refractivity contribution in [2.45, 2.75) is 90.9 Å². The van der Waals surface area contributed by atoms with Crippen LogP contribution in [0.25, 0.3) is 0 Å². The van der Waals surface area contributed by atoms with Gasteiger partial charge in [-0.05, 0) is 19.3 Å². The molecule has 0 fully saturated rings. The van der Waals surface area contributed by atoms with E-state index < -0.39 is 0 Å². The summed E-state index contributed by atoms with van der Waals surface area (Å²) in [5.74, 6) is 1.55. The third-order valence-corrected chi connectivity index (χ3v) is 4.41. The van der Waals surface area contributed by atoms with E-state index in [1.54, 1.807) is 0 Å². The fourth-order valence-electron chi connectivity index (χ4n) is 2.42. The third kappa shape index (κ3) is 16.1. The van der Waals surface area contributed by atoms with Gasteiger partial charge in [0, 0.05) is 12.2 Å². The van der Waals surface area contributed by atoms with Gasteiger partial charge in [0.15, 0.2) is 5.12 Å². The summed E-state index contributed by atoms with van der Waals surface area (Å²) >= 11 is 1.36. The number of unbranched alkanes of at least 4 members (excludes halogenated alkanes) is 9. The molecule has 0 aliphatic heterocycles. The first-order chi connectivity index (χ1) is 9.66. The van der Waals surface area contributed by atoms with E-state index >= 15 is 0 Å². The highest BCUT2D eigenvalue weighted by Gasteiger charge is 2.00. The Bertz CT molecular complexity index is 213. The summed E-state index contributed by atoms with van der Waals surface area (Å²) in [4.78, 5) is 11.3. The number of thioether (sulfide) groups is 1. The lowest BCUT2D eigenvalue weighted by Gasteiger charge is -2.04. The van der Waals surface area contributed by atoms with Gasteiger partial charge in [0.2, 0.25) is 0 Å². The number of hydrogen-bond donors (Lipinski definition) is 0. The average Bonchev–Trinajstić information content (AvgIpc) is 2.40. The van der Waals surface area contributed by atoms with Crippen molar-refractivity contribution < 1.29 is 4.79 Å². The Morgan fingerprint density at radius 2 is 1.30 bits per heavy atom. The zero-order valence-corrected chi connectivity index (χ0v) is 14.6. The van der Waals surface area contributed by atoms with Gasteiger partial charge in [-0.1, -0.05) is 89.8 Å². The minimum absolute atomic E-state index is 0.321. The summed E-state index contributed by atoms with van der Waals surface area (Å²) in [5.41, 5.74) is 0. The molecule has 2 heteroatoms. The van der Waals surface area contributed by atoms with Gasteiger partial charge >= 0.3 is 0 Å². The van der Waals surface area contributed by atoms with Crippen molar-refractivity contribution in [3.8, 4) is 0 Å². The summed E-state index contributed by atoms with van der Waals surface area (Å²) in [6.07, 6.45) is 15.5. The van der Waals surface area contributed by atoms with E-state index in [0.29, 0.717) is 10.9 Å². The summed E-state index contributed by atoms with van der Waals surface area (Å²) in [7, 11) is 0. The van der Waals surface area contributed by atoms with E-state index in [9.17, 15) is 4.79 Å². The lowest BCUT2D eigenvalue weighted by Crippen LogP contribution is -1.92. The Kier molecular flexibility index (Phi) is 15.4. The first-order valence-electron chi connectivity index (χ1n) is 8.61. The topological polar surface area (TPSA) is 17.1 Å². The second kappa shape index (κ2) is 15.4. The molecule has 0 aromatic heterocycles. The molecule has 0 aromatic carbocycles. The maximum Gasteiger partial charge on any atom is 0.188 e. The quantitative estimate of drug-likeness (QED) is 0.344. The highest BCUT2D eigenvalue weighted by molar-refractivity contribution is 8.13. The molecule has 1 nitrogen and oxygen atoms in total. The molecule has 0 N–H and O–H groups in total. The monoisotopic (exact) mass is 299 g/mol. The zero-order chi connectivity index (χ0) is 15.1. The van der Waals surface area contributed by atoms with E-state index in [1.165, 1.54) is 76.0 Å². The Hall–Kier alpha value is 0.0200. The molecule has 0 aromatic rings. The van der Waals surface area contributed by atoms with Gasteiger partial charge in [0.1, 0.15) is 0 Å². The molecule has 0 saturated heterocycles. The molecule has 119 valence electrons. The van der Waals surface area contributed by atoms with Gasteiger partial charge in [-0.15, -0.1) is 0 Å². The van der Waals surface area contributed by atoms with Crippen molar-refractivity contribution in [3.63, 3.8) is 0 Å². The Balaban J connectivity index is 3.04. The van der Waals surface area contributed by atoms with Gasteiger partial charge < -0.3 is 0 Å². The molecule has 0 heterocycles. The molecule has 0 atom stereocenters. The molecule has 0 amide bonds. The largest absolute Gasteiger partial charge is 0.287 e. The summed E-state index contributed by atoms with van der Waals surface area (Å²) in [6, 6.07) is 0. The van der Waals surface area contributed by atoms with Gasteiger partial charge in [0.25, 0.3) is 0 Å². The molecule has 0 aliphatic rings. The van der Waals surface area contributed by atoms with Crippen LogP contribution < -0.4 is 0 Å². The van der Waals surface area contributed by atoms with Crippen molar-refractivity contribution in [2.24, 2.45) is 5.92 Å². The van der Waals surface area contributed by atoms with Crippen LogP contribution in [0.4, 0.5) is 0 Å². The highest BCUT2D eigenvalue weighted by atomic mass is 32.2. The Morgan fingerprint density at radius 1 is 0.850 bits per heavy atom. The van der Waals surface area contributed by atoms with Crippen LogP contribution >= 0.6 is 11.8 Å². The van der Waals surface area contributed by atoms with Crippen molar-refractivity contribution in [3.05, 3.63) is 6.92 Å². The molecular weight excluding hydrogens is 264 g/mol. The average molecular weight is 300 g/mol. The van der Waals surface area contributed by atoms with Crippen molar-refractivity contribution >= 4 is 16.9 Å². The Labute approximate surface area is 131 Å². The van der Waals surface area contributed by atoms with E-state index in [4.69, 9.17) is 0 Å².